The minimum atomic E-state index is 0.674. The average molecular weight is 273 g/mol. The van der Waals surface area contributed by atoms with Gasteiger partial charge in [-0.15, -0.1) is 0 Å². The minimum Gasteiger partial charge on any atom is -0.382 e. The van der Waals surface area contributed by atoms with E-state index < -0.39 is 0 Å². The Bertz CT molecular complexity index is 184. The van der Waals surface area contributed by atoms with Gasteiger partial charge in [0.1, 0.15) is 0 Å². The predicted octanol–water partition coefficient (Wildman–Crippen LogP) is 2.37. The third kappa shape index (κ3) is 10.3. The van der Waals surface area contributed by atoms with E-state index >= 15 is 0 Å². The largest absolute Gasteiger partial charge is 0.382 e. The molecule has 0 amide bonds. The van der Waals surface area contributed by atoms with Crippen LogP contribution in [-0.4, -0.2) is 52.7 Å². The minimum absolute atomic E-state index is 0.674. The Balaban J connectivity index is 1.71. The van der Waals surface area contributed by atoms with Gasteiger partial charge in [0, 0.05) is 33.0 Å². The third-order valence-corrected chi connectivity index (χ3v) is 3.51. The SMILES string of the molecule is COCCOCCCOCCCNC1CCCCC1. The molecule has 4 heteroatoms. The summed E-state index contributed by atoms with van der Waals surface area (Å²) in [5.41, 5.74) is 0. The molecule has 0 saturated heterocycles. The van der Waals surface area contributed by atoms with Crippen LogP contribution in [0.5, 0.6) is 0 Å². The van der Waals surface area contributed by atoms with E-state index in [4.69, 9.17) is 14.2 Å². The number of rotatable bonds is 12. The van der Waals surface area contributed by atoms with Gasteiger partial charge in [-0.25, -0.2) is 0 Å². The van der Waals surface area contributed by atoms with Crippen molar-refractivity contribution in [1.29, 1.82) is 0 Å². The highest BCUT2D eigenvalue weighted by molar-refractivity contribution is 4.71. The van der Waals surface area contributed by atoms with Gasteiger partial charge in [0.25, 0.3) is 0 Å². The van der Waals surface area contributed by atoms with Gasteiger partial charge >= 0.3 is 0 Å². The van der Waals surface area contributed by atoms with Gasteiger partial charge in [-0.3, -0.25) is 0 Å². The lowest BCUT2D eigenvalue weighted by Gasteiger charge is -2.22. The molecule has 0 atom stereocenters. The first-order valence-electron chi connectivity index (χ1n) is 7.81. The summed E-state index contributed by atoms with van der Waals surface area (Å²) in [5.74, 6) is 0. The fraction of sp³-hybridized carbons (Fsp3) is 1.00. The maximum absolute atomic E-state index is 5.58. The molecule has 0 heterocycles. The van der Waals surface area contributed by atoms with Crippen LogP contribution in [0, 0.1) is 0 Å². The van der Waals surface area contributed by atoms with E-state index in [1.165, 1.54) is 32.1 Å². The van der Waals surface area contributed by atoms with Crippen LogP contribution in [0.2, 0.25) is 0 Å². The number of hydrogen-bond acceptors (Lipinski definition) is 4. The zero-order chi connectivity index (χ0) is 13.6. The highest BCUT2D eigenvalue weighted by atomic mass is 16.5. The van der Waals surface area contributed by atoms with Crippen LogP contribution in [0.25, 0.3) is 0 Å². The van der Waals surface area contributed by atoms with Crippen molar-refractivity contribution < 1.29 is 14.2 Å². The first-order chi connectivity index (χ1) is 9.43. The zero-order valence-electron chi connectivity index (χ0n) is 12.5. The number of ether oxygens (including phenoxy) is 3. The monoisotopic (exact) mass is 273 g/mol. The molecular formula is C15H31NO3. The summed E-state index contributed by atoms with van der Waals surface area (Å²) in [6.45, 7) is 4.88. The van der Waals surface area contributed by atoms with Crippen LogP contribution in [0.3, 0.4) is 0 Å². The van der Waals surface area contributed by atoms with Crippen molar-refractivity contribution in [3.05, 3.63) is 0 Å². The highest BCUT2D eigenvalue weighted by Crippen LogP contribution is 2.17. The summed E-state index contributed by atoms with van der Waals surface area (Å²) < 4.78 is 15.8. The third-order valence-electron chi connectivity index (χ3n) is 3.51. The van der Waals surface area contributed by atoms with Crippen molar-refractivity contribution in [2.75, 3.05) is 46.7 Å². The van der Waals surface area contributed by atoms with Crippen molar-refractivity contribution in [3.63, 3.8) is 0 Å². The summed E-state index contributed by atoms with van der Waals surface area (Å²) in [6.07, 6.45) is 9.03. The normalized spacial score (nSPS) is 16.9. The topological polar surface area (TPSA) is 39.7 Å². The average Bonchev–Trinajstić information content (AvgIpc) is 2.46. The van der Waals surface area contributed by atoms with Gasteiger partial charge in [0.05, 0.1) is 13.2 Å². The summed E-state index contributed by atoms with van der Waals surface area (Å²) in [4.78, 5) is 0. The van der Waals surface area contributed by atoms with Gasteiger partial charge < -0.3 is 19.5 Å². The molecule has 1 fully saturated rings. The first kappa shape index (κ1) is 16.9. The molecule has 114 valence electrons. The molecule has 4 nitrogen and oxygen atoms in total. The van der Waals surface area contributed by atoms with E-state index in [1.54, 1.807) is 7.11 Å². The molecule has 0 aliphatic heterocycles. The van der Waals surface area contributed by atoms with E-state index in [9.17, 15) is 0 Å². The first-order valence-corrected chi connectivity index (χ1v) is 7.81. The molecule has 0 aromatic heterocycles. The zero-order valence-corrected chi connectivity index (χ0v) is 12.5. The summed E-state index contributed by atoms with van der Waals surface area (Å²) in [5, 5.41) is 3.63. The van der Waals surface area contributed by atoms with Crippen molar-refractivity contribution in [2.45, 2.75) is 51.0 Å². The summed E-state index contributed by atoms with van der Waals surface area (Å²) >= 11 is 0. The van der Waals surface area contributed by atoms with Gasteiger partial charge in [-0.2, -0.15) is 0 Å². The molecule has 0 spiro atoms. The van der Waals surface area contributed by atoms with Crippen LogP contribution >= 0.6 is 0 Å². The van der Waals surface area contributed by atoms with Gasteiger partial charge in [0.2, 0.25) is 0 Å². The smallest absolute Gasteiger partial charge is 0.0700 e. The molecule has 1 N–H and O–H groups in total. The number of hydrogen-bond donors (Lipinski definition) is 1. The molecule has 19 heavy (non-hydrogen) atoms. The fourth-order valence-corrected chi connectivity index (χ4v) is 2.40. The summed E-state index contributed by atoms with van der Waals surface area (Å²) in [7, 11) is 1.69. The van der Waals surface area contributed by atoms with Gasteiger partial charge in [-0.1, -0.05) is 19.3 Å². The molecule has 1 aliphatic carbocycles. The lowest BCUT2D eigenvalue weighted by Crippen LogP contribution is -2.32. The van der Waals surface area contributed by atoms with Crippen molar-refractivity contribution >= 4 is 0 Å². The molecule has 0 aromatic rings. The second-order valence-electron chi connectivity index (χ2n) is 5.21. The van der Waals surface area contributed by atoms with E-state index in [1.807, 2.05) is 0 Å². The second-order valence-corrected chi connectivity index (χ2v) is 5.21. The van der Waals surface area contributed by atoms with Crippen molar-refractivity contribution in [1.82, 2.24) is 5.32 Å². The van der Waals surface area contributed by atoms with Crippen LogP contribution in [0.15, 0.2) is 0 Å². The molecule has 0 aromatic carbocycles. The van der Waals surface area contributed by atoms with Gasteiger partial charge in [0.15, 0.2) is 0 Å². The number of methoxy groups -OCH3 is 1. The predicted molar refractivity (Wildman–Crippen MR) is 77.6 cm³/mol. The molecule has 0 bridgehead atoms. The molecule has 0 radical (unpaired) electrons. The number of nitrogens with one attached hydrogen (secondary N) is 1. The maximum Gasteiger partial charge on any atom is 0.0700 e. The maximum atomic E-state index is 5.58. The molecule has 0 unspecified atom stereocenters. The second kappa shape index (κ2) is 12.9. The standard InChI is InChI=1S/C15H31NO3/c1-17-13-14-19-12-6-11-18-10-5-9-16-15-7-3-2-4-8-15/h15-16H,2-14H2,1H3. The van der Waals surface area contributed by atoms with E-state index in [2.05, 4.69) is 5.32 Å². The molecule has 1 saturated carbocycles. The van der Waals surface area contributed by atoms with Crippen LogP contribution in [-0.2, 0) is 14.2 Å². The highest BCUT2D eigenvalue weighted by Gasteiger charge is 2.11. The van der Waals surface area contributed by atoms with Crippen LogP contribution in [0.4, 0.5) is 0 Å². The van der Waals surface area contributed by atoms with E-state index in [0.717, 1.165) is 45.2 Å². The Kier molecular flexibility index (Phi) is 11.4. The van der Waals surface area contributed by atoms with Crippen LogP contribution < -0.4 is 5.32 Å². The lowest BCUT2D eigenvalue weighted by molar-refractivity contribution is 0.0510. The Morgan fingerprint density at radius 2 is 1.53 bits per heavy atom. The Morgan fingerprint density at radius 3 is 2.26 bits per heavy atom. The molecular weight excluding hydrogens is 242 g/mol. The van der Waals surface area contributed by atoms with Crippen LogP contribution in [0.1, 0.15) is 44.9 Å². The lowest BCUT2D eigenvalue weighted by atomic mass is 9.95. The van der Waals surface area contributed by atoms with E-state index in [-0.39, 0.29) is 0 Å². The van der Waals surface area contributed by atoms with Gasteiger partial charge in [-0.05, 0) is 32.2 Å². The Morgan fingerprint density at radius 1 is 0.842 bits per heavy atom. The quantitative estimate of drug-likeness (QED) is 0.554. The van der Waals surface area contributed by atoms with E-state index in [0.29, 0.717) is 13.2 Å². The molecule has 1 rings (SSSR count). The van der Waals surface area contributed by atoms with Crippen molar-refractivity contribution in [3.8, 4) is 0 Å². The molecule has 1 aliphatic rings. The fourth-order valence-electron chi connectivity index (χ4n) is 2.40. The Hall–Kier alpha value is -0.160. The summed E-state index contributed by atoms with van der Waals surface area (Å²) in [6, 6.07) is 0.767. The van der Waals surface area contributed by atoms with Crippen molar-refractivity contribution in [2.24, 2.45) is 0 Å². The Labute approximate surface area is 118 Å².